The first kappa shape index (κ1) is 11.0. The highest BCUT2D eigenvalue weighted by molar-refractivity contribution is 7.99. The normalized spacial score (nSPS) is 10.4. The summed E-state index contributed by atoms with van der Waals surface area (Å²) in [6.45, 7) is 1.89. The van der Waals surface area contributed by atoms with E-state index in [9.17, 15) is 4.39 Å². The molecule has 0 saturated heterocycles. The average Bonchev–Trinajstić information content (AvgIpc) is 2.25. The topological polar surface area (TPSA) is 38.9 Å². The fourth-order valence-electron chi connectivity index (χ4n) is 1.31. The summed E-state index contributed by atoms with van der Waals surface area (Å²) in [5.74, 6) is 0.289. The standard InChI is InChI=1S/C12H11FN2S/c1-8-6-9(13)2-4-11(8)16-10-3-5-12(14)15-7-10/h2-7H,1H3,(H2,14,15). The van der Waals surface area contributed by atoms with Crippen LogP contribution in [0.1, 0.15) is 5.56 Å². The van der Waals surface area contributed by atoms with Crippen LogP contribution in [-0.2, 0) is 0 Å². The summed E-state index contributed by atoms with van der Waals surface area (Å²) in [5, 5.41) is 0. The number of nitrogens with zero attached hydrogens (tertiary/aromatic N) is 1. The third kappa shape index (κ3) is 2.52. The molecule has 0 saturated carbocycles. The second kappa shape index (κ2) is 4.53. The van der Waals surface area contributed by atoms with Gasteiger partial charge in [-0.05, 0) is 42.8 Å². The molecule has 0 unspecified atom stereocenters. The van der Waals surface area contributed by atoms with Crippen LogP contribution in [0.15, 0.2) is 46.3 Å². The van der Waals surface area contributed by atoms with Gasteiger partial charge in [-0.3, -0.25) is 0 Å². The van der Waals surface area contributed by atoms with Crippen LogP contribution in [0.4, 0.5) is 10.2 Å². The molecular weight excluding hydrogens is 223 g/mol. The number of aromatic nitrogens is 1. The van der Waals surface area contributed by atoms with E-state index in [0.29, 0.717) is 5.82 Å². The summed E-state index contributed by atoms with van der Waals surface area (Å²) in [5.41, 5.74) is 6.42. The third-order valence-corrected chi connectivity index (χ3v) is 3.28. The van der Waals surface area contributed by atoms with Crippen LogP contribution in [0, 0.1) is 12.7 Å². The van der Waals surface area contributed by atoms with Crippen LogP contribution in [0.2, 0.25) is 0 Å². The molecule has 2 rings (SSSR count). The number of halogens is 1. The fourth-order valence-corrected chi connectivity index (χ4v) is 2.16. The van der Waals surface area contributed by atoms with E-state index in [0.717, 1.165) is 15.4 Å². The molecule has 2 N–H and O–H groups in total. The summed E-state index contributed by atoms with van der Waals surface area (Å²) < 4.78 is 12.9. The Kier molecular flexibility index (Phi) is 3.10. The van der Waals surface area contributed by atoms with Gasteiger partial charge in [0.15, 0.2) is 0 Å². The number of pyridine rings is 1. The van der Waals surface area contributed by atoms with Crippen molar-refractivity contribution in [1.29, 1.82) is 0 Å². The molecule has 0 spiro atoms. The minimum Gasteiger partial charge on any atom is -0.384 e. The Balaban J connectivity index is 2.23. The number of rotatable bonds is 2. The summed E-state index contributed by atoms with van der Waals surface area (Å²) in [7, 11) is 0. The Bertz CT molecular complexity index is 497. The third-order valence-electron chi connectivity index (χ3n) is 2.12. The van der Waals surface area contributed by atoms with Crippen LogP contribution in [0.5, 0.6) is 0 Å². The van der Waals surface area contributed by atoms with E-state index in [1.54, 1.807) is 30.1 Å². The number of benzene rings is 1. The molecule has 0 radical (unpaired) electrons. The predicted octanol–water partition coefficient (Wildman–Crippen LogP) is 3.26. The molecule has 0 aliphatic rings. The van der Waals surface area contributed by atoms with Gasteiger partial charge in [-0.1, -0.05) is 11.8 Å². The van der Waals surface area contributed by atoms with E-state index in [1.807, 2.05) is 13.0 Å². The number of hydrogen-bond donors (Lipinski definition) is 1. The Morgan fingerprint density at radius 3 is 2.69 bits per heavy atom. The molecule has 0 amide bonds. The highest BCUT2D eigenvalue weighted by atomic mass is 32.2. The van der Waals surface area contributed by atoms with Gasteiger partial charge in [0.1, 0.15) is 11.6 Å². The van der Waals surface area contributed by atoms with E-state index in [4.69, 9.17) is 5.73 Å². The Morgan fingerprint density at radius 1 is 1.25 bits per heavy atom. The first-order valence-electron chi connectivity index (χ1n) is 4.81. The van der Waals surface area contributed by atoms with E-state index in [-0.39, 0.29) is 5.82 Å². The maximum Gasteiger partial charge on any atom is 0.123 e. The molecule has 16 heavy (non-hydrogen) atoms. The Morgan fingerprint density at radius 2 is 2.06 bits per heavy atom. The molecular formula is C12H11FN2S. The zero-order valence-corrected chi connectivity index (χ0v) is 9.59. The molecule has 0 bridgehead atoms. The molecule has 82 valence electrons. The first-order chi connectivity index (χ1) is 7.65. The molecule has 1 aromatic heterocycles. The second-order valence-corrected chi connectivity index (χ2v) is 4.55. The van der Waals surface area contributed by atoms with E-state index in [2.05, 4.69) is 4.98 Å². The van der Waals surface area contributed by atoms with Gasteiger partial charge >= 0.3 is 0 Å². The summed E-state index contributed by atoms with van der Waals surface area (Å²) in [6, 6.07) is 8.40. The quantitative estimate of drug-likeness (QED) is 0.866. The number of anilines is 1. The monoisotopic (exact) mass is 234 g/mol. The van der Waals surface area contributed by atoms with Crippen molar-refractivity contribution in [3.8, 4) is 0 Å². The van der Waals surface area contributed by atoms with Gasteiger partial charge in [-0.15, -0.1) is 0 Å². The Labute approximate surface area is 97.7 Å². The van der Waals surface area contributed by atoms with Crippen molar-refractivity contribution in [2.24, 2.45) is 0 Å². The van der Waals surface area contributed by atoms with Crippen molar-refractivity contribution in [2.75, 3.05) is 5.73 Å². The van der Waals surface area contributed by atoms with E-state index < -0.39 is 0 Å². The van der Waals surface area contributed by atoms with Gasteiger partial charge in [0.05, 0.1) is 0 Å². The fraction of sp³-hybridized carbons (Fsp3) is 0.0833. The van der Waals surface area contributed by atoms with Gasteiger partial charge in [-0.25, -0.2) is 9.37 Å². The lowest BCUT2D eigenvalue weighted by Gasteiger charge is -2.05. The van der Waals surface area contributed by atoms with E-state index in [1.165, 1.54) is 12.1 Å². The van der Waals surface area contributed by atoms with Crippen molar-refractivity contribution in [3.05, 3.63) is 47.9 Å². The summed E-state index contributed by atoms with van der Waals surface area (Å²) in [6.07, 6.45) is 1.71. The van der Waals surface area contributed by atoms with Crippen molar-refractivity contribution in [2.45, 2.75) is 16.7 Å². The first-order valence-corrected chi connectivity index (χ1v) is 5.62. The van der Waals surface area contributed by atoms with Gasteiger partial charge in [0, 0.05) is 16.0 Å². The molecule has 1 aromatic carbocycles. The zero-order valence-electron chi connectivity index (χ0n) is 8.77. The molecule has 2 aromatic rings. The SMILES string of the molecule is Cc1cc(F)ccc1Sc1ccc(N)nc1. The second-order valence-electron chi connectivity index (χ2n) is 3.43. The van der Waals surface area contributed by atoms with Crippen molar-refractivity contribution >= 4 is 17.6 Å². The molecule has 2 nitrogen and oxygen atoms in total. The van der Waals surface area contributed by atoms with Crippen molar-refractivity contribution in [3.63, 3.8) is 0 Å². The number of nitrogens with two attached hydrogens (primary N) is 1. The molecule has 0 fully saturated rings. The molecule has 1 heterocycles. The lowest BCUT2D eigenvalue weighted by Crippen LogP contribution is -1.88. The predicted molar refractivity (Wildman–Crippen MR) is 63.9 cm³/mol. The average molecular weight is 234 g/mol. The largest absolute Gasteiger partial charge is 0.384 e. The molecule has 0 aliphatic heterocycles. The Hall–Kier alpha value is -1.55. The lowest BCUT2D eigenvalue weighted by molar-refractivity contribution is 0.625. The molecule has 0 atom stereocenters. The van der Waals surface area contributed by atoms with Gasteiger partial charge in [-0.2, -0.15) is 0 Å². The summed E-state index contributed by atoms with van der Waals surface area (Å²) in [4.78, 5) is 6.02. The minimum atomic E-state index is -0.211. The van der Waals surface area contributed by atoms with Crippen LogP contribution >= 0.6 is 11.8 Å². The highest BCUT2D eigenvalue weighted by Gasteiger charge is 2.02. The number of hydrogen-bond acceptors (Lipinski definition) is 3. The van der Waals surface area contributed by atoms with Crippen molar-refractivity contribution < 1.29 is 4.39 Å². The molecule has 0 aliphatic carbocycles. The smallest absolute Gasteiger partial charge is 0.123 e. The lowest BCUT2D eigenvalue weighted by atomic mass is 10.2. The number of nitrogen functional groups attached to an aromatic ring is 1. The number of aryl methyl sites for hydroxylation is 1. The van der Waals surface area contributed by atoms with Crippen LogP contribution in [-0.4, -0.2) is 4.98 Å². The van der Waals surface area contributed by atoms with Crippen LogP contribution in [0.25, 0.3) is 0 Å². The maximum absolute atomic E-state index is 12.9. The van der Waals surface area contributed by atoms with Gasteiger partial charge in [0.2, 0.25) is 0 Å². The minimum absolute atomic E-state index is 0.211. The summed E-state index contributed by atoms with van der Waals surface area (Å²) >= 11 is 1.55. The van der Waals surface area contributed by atoms with Crippen LogP contribution in [0.3, 0.4) is 0 Å². The van der Waals surface area contributed by atoms with E-state index >= 15 is 0 Å². The van der Waals surface area contributed by atoms with Gasteiger partial charge < -0.3 is 5.73 Å². The van der Waals surface area contributed by atoms with Crippen molar-refractivity contribution in [1.82, 2.24) is 4.98 Å². The maximum atomic E-state index is 12.9. The molecule has 4 heteroatoms. The zero-order chi connectivity index (χ0) is 11.5. The highest BCUT2D eigenvalue weighted by Crippen LogP contribution is 2.30. The van der Waals surface area contributed by atoms with Crippen LogP contribution < -0.4 is 5.73 Å². The van der Waals surface area contributed by atoms with Gasteiger partial charge in [0.25, 0.3) is 0 Å².